The number of amides is 2. The van der Waals surface area contributed by atoms with Gasteiger partial charge in [0.25, 0.3) is 0 Å². The van der Waals surface area contributed by atoms with Crippen molar-refractivity contribution >= 4 is 29.2 Å². The van der Waals surface area contributed by atoms with Crippen LogP contribution in [0.1, 0.15) is 12.8 Å². The summed E-state index contributed by atoms with van der Waals surface area (Å²) >= 11 is 5.77. The minimum absolute atomic E-state index is 0.0937. The van der Waals surface area contributed by atoms with Gasteiger partial charge in [-0.25, -0.2) is 9.88 Å². The van der Waals surface area contributed by atoms with Gasteiger partial charge >= 0.3 is 0 Å². The van der Waals surface area contributed by atoms with E-state index in [-0.39, 0.29) is 35.9 Å². The van der Waals surface area contributed by atoms with Gasteiger partial charge in [-0.15, -0.1) is 0 Å². The van der Waals surface area contributed by atoms with E-state index in [0.29, 0.717) is 10.8 Å². The standard InChI is InChI=1S/C13H11ClN2O3/c14-6-1-4-9(15-5-6)16-12(17)10-7-2-3-8(19-7)11(10)13(16)18/h1,4-5,7-8,10-11H,2-3H2/t7-,8-,10-,11-/m1/s1. The van der Waals surface area contributed by atoms with Gasteiger partial charge in [0.2, 0.25) is 11.8 Å². The molecular formula is C13H11ClN2O3. The van der Waals surface area contributed by atoms with E-state index >= 15 is 0 Å². The quantitative estimate of drug-likeness (QED) is 0.729. The summed E-state index contributed by atoms with van der Waals surface area (Å²) in [4.78, 5) is 30.1. The number of hydrogen-bond acceptors (Lipinski definition) is 4. The zero-order chi connectivity index (χ0) is 13.1. The molecule has 5 nitrogen and oxygen atoms in total. The summed E-state index contributed by atoms with van der Waals surface area (Å²) < 4.78 is 5.67. The molecule has 3 aliphatic heterocycles. The van der Waals surface area contributed by atoms with Gasteiger partial charge in [0, 0.05) is 6.20 Å². The second-order valence-electron chi connectivity index (χ2n) is 5.19. The second-order valence-corrected chi connectivity index (χ2v) is 5.62. The van der Waals surface area contributed by atoms with Crippen molar-refractivity contribution in [3.8, 4) is 0 Å². The van der Waals surface area contributed by atoms with Crippen LogP contribution in [0.2, 0.25) is 5.02 Å². The first-order valence-electron chi connectivity index (χ1n) is 6.31. The largest absolute Gasteiger partial charge is 0.373 e. The first-order chi connectivity index (χ1) is 9.16. The van der Waals surface area contributed by atoms with E-state index in [9.17, 15) is 9.59 Å². The van der Waals surface area contributed by atoms with Crippen LogP contribution < -0.4 is 4.90 Å². The lowest BCUT2D eigenvalue weighted by Gasteiger charge is -2.16. The van der Waals surface area contributed by atoms with Gasteiger partial charge in [0.1, 0.15) is 5.82 Å². The maximum Gasteiger partial charge on any atom is 0.241 e. The lowest BCUT2D eigenvalue weighted by molar-refractivity contribution is -0.124. The number of nitrogens with zero attached hydrogens (tertiary/aromatic N) is 2. The molecule has 1 aromatic rings. The molecule has 0 saturated carbocycles. The molecule has 6 heteroatoms. The molecule has 3 fully saturated rings. The van der Waals surface area contributed by atoms with E-state index in [4.69, 9.17) is 16.3 Å². The van der Waals surface area contributed by atoms with E-state index in [1.54, 1.807) is 12.1 Å². The predicted octanol–water partition coefficient (Wildman–Crippen LogP) is 1.40. The molecule has 4 rings (SSSR count). The lowest BCUT2D eigenvalue weighted by Crippen LogP contribution is -2.34. The highest BCUT2D eigenvalue weighted by Gasteiger charge is 2.62. The molecule has 0 spiro atoms. The van der Waals surface area contributed by atoms with Crippen molar-refractivity contribution in [2.75, 3.05) is 4.90 Å². The zero-order valence-corrected chi connectivity index (χ0v) is 10.7. The van der Waals surface area contributed by atoms with Gasteiger partial charge < -0.3 is 4.74 Å². The Morgan fingerprint density at radius 1 is 1.16 bits per heavy atom. The first-order valence-corrected chi connectivity index (χ1v) is 6.69. The fraction of sp³-hybridized carbons (Fsp3) is 0.462. The van der Waals surface area contributed by atoms with Crippen LogP contribution in [0.5, 0.6) is 0 Å². The van der Waals surface area contributed by atoms with Gasteiger partial charge in [-0.1, -0.05) is 11.6 Å². The maximum atomic E-state index is 12.4. The number of imide groups is 1. The monoisotopic (exact) mass is 278 g/mol. The average Bonchev–Trinajstić information content (AvgIpc) is 3.06. The minimum atomic E-state index is -0.316. The fourth-order valence-electron chi connectivity index (χ4n) is 3.44. The number of carbonyl (C=O) groups excluding carboxylic acids is 2. The molecule has 3 saturated heterocycles. The molecule has 2 bridgehead atoms. The number of halogens is 1. The summed E-state index contributed by atoms with van der Waals surface area (Å²) in [5, 5.41) is 0.478. The molecule has 0 unspecified atom stereocenters. The Labute approximate surface area is 114 Å². The van der Waals surface area contributed by atoms with Crippen LogP contribution >= 0.6 is 11.6 Å². The summed E-state index contributed by atoms with van der Waals surface area (Å²) in [5.74, 6) is -0.644. The van der Waals surface area contributed by atoms with Gasteiger partial charge in [0.15, 0.2) is 0 Å². The van der Waals surface area contributed by atoms with Crippen molar-refractivity contribution in [1.29, 1.82) is 0 Å². The van der Waals surface area contributed by atoms with Crippen LogP contribution in [0.15, 0.2) is 18.3 Å². The van der Waals surface area contributed by atoms with Crippen molar-refractivity contribution in [2.45, 2.75) is 25.0 Å². The third kappa shape index (κ3) is 1.42. The van der Waals surface area contributed by atoms with Crippen LogP contribution in [0, 0.1) is 11.8 Å². The molecule has 0 radical (unpaired) electrons. The van der Waals surface area contributed by atoms with Crippen molar-refractivity contribution in [2.24, 2.45) is 11.8 Å². The summed E-state index contributed by atoms with van der Waals surface area (Å²) in [7, 11) is 0. The van der Waals surface area contributed by atoms with E-state index in [1.165, 1.54) is 11.1 Å². The van der Waals surface area contributed by atoms with Crippen molar-refractivity contribution < 1.29 is 14.3 Å². The van der Waals surface area contributed by atoms with Crippen LogP contribution in [-0.4, -0.2) is 29.0 Å². The van der Waals surface area contributed by atoms with Gasteiger partial charge in [-0.2, -0.15) is 0 Å². The molecule has 0 N–H and O–H groups in total. The van der Waals surface area contributed by atoms with E-state index < -0.39 is 0 Å². The SMILES string of the molecule is O=C1[C@H]2[C@H](C(=O)N1c1ccc(Cl)cn1)[C@H]1CC[C@H]2O1. The smallest absolute Gasteiger partial charge is 0.241 e. The van der Waals surface area contributed by atoms with E-state index in [2.05, 4.69) is 4.98 Å². The average molecular weight is 279 g/mol. The minimum Gasteiger partial charge on any atom is -0.373 e. The van der Waals surface area contributed by atoms with Gasteiger partial charge in [-0.3, -0.25) is 9.59 Å². The molecule has 2 amide bonds. The van der Waals surface area contributed by atoms with Crippen LogP contribution in [-0.2, 0) is 14.3 Å². The fourth-order valence-corrected chi connectivity index (χ4v) is 3.55. The molecule has 4 heterocycles. The molecule has 98 valence electrons. The van der Waals surface area contributed by atoms with E-state index in [1.807, 2.05) is 0 Å². The normalized spacial score (nSPS) is 36.2. The van der Waals surface area contributed by atoms with Crippen LogP contribution in [0.3, 0.4) is 0 Å². The third-order valence-electron chi connectivity index (χ3n) is 4.23. The highest BCUT2D eigenvalue weighted by Crippen LogP contribution is 2.49. The summed E-state index contributed by atoms with van der Waals surface area (Å²) in [6, 6.07) is 3.23. The zero-order valence-electron chi connectivity index (χ0n) is 9.95. The Morgan fingerprint density at radius 3 is 2.32 bits per heavy atom. The number of fused-ring (bicyclic) bond motifs is 5. The molecule has 3 aliphatic rings. The first kappa shape index (κ1) is 11.4. The summed E-state index contributed by atoms with van der Waals surface area (Å²) in [5.41, 5.74) is 0. The van der Waals surface area contributed by atoms with Crippen molar-refractivity contribution in [3.05, 3.63) is 23.4 Å². The number of ether oxygens (including phenoxy) is 1. The predicted molar refractivity (Wildman–Crippen MR) is 66.6 cm³/mol. The number of anilines is 1. The second kappa shape index (κ2) is 3.77. The highest BCUT2D eigenvalue weighted by molar-refractivity contribution is 6.30. The number of aromatic nitrogens is 1. The van der Waals surface area contributed by atoms with Gasteiger partial charge in [0.05, 0.1) is 29.1 Å². The Bertz CT molecular complexity index is 546. The Kier molecular flexibility index (Phi) is 2.26. The topological polar surface area (TPSA) is 59.5 Å². The maximum absolute atomic E-state index is 12.4. The highest BCUT2D eigenvalue weighted by atomic mass is 35.5. The van der Waals surface area contributed by atoms with Crippen LogP contribution in [0.25, 0.3) is 0 Å². The molecule has 19 heavy (non-hydrogen) atoms. The van der Waals surface area contributed by atoms with Crippen molar-refractivity contribution in [3.63, 3.8) is 0 Å². The Morgan fingerprint density at radius 2 is 1.79 bits per heavy atom. The lowest BCUT2D eigenvalue weighted by atomic mass is 9.81. The molecule has 1 aromatic heterocycles. The van der Waals surface area contributed by atoms with E-state index in [0.717, 1.165) is 12.8 Å². The summed E-state index contributed by atoms with van der Waals surface area (Å²) in [6.07, 6.45) is 2.99. The van der Waals surface area contributed by atoms with Crippen molar-refractivity contribution in [1.82, 2.24) is 4.98 Å². The molecule has 0 aliphatic carbocycles. The number of carbonyl (C=O) groups is 2. The number of rotatable bonds is 1. The Balaban J connectivity index is 1.73. The number of hydrogen-bond donors (Lipinski definition) is 0. The summed E-state index contributed by atoms with van der Waals surface area (Å²) in [6.45, 7) is 0. The molecular weight excluding hydrogens is 268 g/mol. The molecule has 0 aromatic carbocycles. The van der Waals surface area contributed by atoms with Gasteiger partial charge in [-0.05, 0) is 25.0 Å². The number of pyridine rings is 1. The third-order valence-corrected chi connectivity index (χ3v) is 4.45. The van der Waals surface area contributed by atoms with Crippen LogP contribution in [0.4, 0.5) is 5.82 Å². The molecule has 4 atom stereocenters. The Hall–Kier alpha value is -1.46.